The summed E-state index contributed by atoms with van der Waals surface area (Å²) in [6, 6.07) is 6.32. The van der Waals surface area contributed by atoms with Crippen LogP contribution < -0.4 is 5.32 Å². The molecule has 3 aliphatic rings. The van der Waals surface area contributed by atoms with Crippen LogP contribution in [-0.2, 0) is 13.1 Å². The molecule has 1 saturated carbocycles. The Morgan fingerprint density at radius 2 is 1.86 bits per heavy atom. The predicted octanol–water partition coefficient (Wildman–Crippen LogP) is 2.67. The van der Waals surface area contributed by atoms with Crippen molar-refractivity contribution in [2.45, 2.75) is 57.3 Å². The lowest BCUT2D eigenvalue weighted by atomic mass is 10.2. The Hall–Kier alpha value is -0.420. The molecule has 0 radical (unpaired) electrons. The lowest BCUT2D eigenvalue weighted by molar-refractivity contribution is 0.230. The van der Waals surface area contributed by atoms with Crippen LogP contribution in [0.4, 0.5) is 0 Å². The molecular formula is C17H27N3S. The number of rotatable bonds is 6. The molecule has 0 amide bonds. The molecule has 1 atom stereocenters. The first kappa shape index (κ1) is 14.2. The highest BCUT2D eigenvalue weighted by molar-refractivity contribution is 7.11. The first-order chi connectivity index (χ1) is 10.4. The summed E-state index contributed by atoms with van der Waals surface area (Å²) in [5.41, 5.74) is 0. The van der Waals surface area contributed by atoms with Crippen molar-refractivity contribution >= 4 is 11.3 Å². The highest BCUT2D eigenvalue weighted by atomic mass is 32.1. The topological polar surface area (TPSA) is 18.5 Å². The van der Waals surface area contributed by atoms with Gasteiger partial charge in [0.1, 0.15) is 0 Å². The Bertz CT molecular complexity index is 462. The number of likely N-dealkylation sites (tertiary alicyclic amines) is 2. The minimum Gasteiger partial charge on any atom is -0.309 e. The summed E-state index contributed by atoms with van der Waals surface area (Å²) < 4.78 is 0. The predicted molar refractivity (Wildman–Crippen MR) is 88.7 cm³/mol. The first-order valence-corrected chi connectivity index (χ1v) is 9.46. The van der Waals surface area contributed by atoms with E-state index in [2.05, 4.69) is 27.2 Å². The molecular weight excluding hydrogens is 278 g/mol. The van der Waals surface area contributed by atoms with E-state index in [1.807, 2.05) is 11.3 Å². The molecule has 0 bridgehead atoms. The van der Waals surface area contributed by atoms with Crippen molar-refractivity contribution in [3.05, 3.63) is 21.9 Å². The van der Waals surface area contributed by atoms with Crippen molar-refractivity contribution in [2.24, 2.45) is 0 Å². The number of hydrogen-bond acceptors (Lipinski definition) is 4. The molecule has 1 aliphatic carbocycles. The maximum atomic E-state index is 3.61. The van der Waals surface area contributed by atoms with Gasteiger partial charge in [0, 0.05) is 48.0 Å². The van der Waals surface area contributed by atoms with Crippen LogP contribution >= 0.6 is 11.3 Å². The van der Waals surface area contributed by atoms with Gasteiger partial charge in [0.05, 0.1) is 0 Å². The van der Waals surface area contributed by atoms with Crippen molar-refractivity contribution in [3.8, 4) is 0 Å². The van der Waals surface area contributed by atoms with E-state index in [4.69, 9.17) is 0 Å². The van der Waals surface area contributed by atoms with E-state index >= 15 is 0 Å². The molecule has 3 fully saturated rings. The van der Waals surface area contributed by atoms with Crippen LogP contribution in [0.15, 0.2) is 12.1 Å². The average molecular weight is 305 g/mol. The van der Waals surface area contributed by atoms with Gasteiger partial charge in [0.15, 0.2) is 0 Å². The second-order valence-electron chi connectivity index (χ2n) is 6.94. The van der Waals surface area contributed by atoms with Gasteiger partial charge in [-0.05, 0) is 57.3 Å². The van der Waals surface area contributed by atoms with Crippen LogP contribution in [-0.4, -0.2) is 48.1 Å². The first-order valence-electron chi connectivity index (χ1n) is 8.64. The minimum absolute atomic E-state index is 0.815. The maximum Gasteiger partial charge on any atom is 0.0328 e. The molecule has 2 aliphatic heterocycles. The van der Waals surface area contributed by atoms with Crippen molar-refractivity contribution in [1.29, 1.82) is 0 Å². The van der Waals surface area contributed by atoms with Crippen LogP contribution in [0.5, 0.6) is 0 Å². The van der Waals surface area contributed by atoms with Crippen molar-refractivity contribution in [2.75, 3.05) is 26.2 Å². The van der Waals surface area contributed by atoms with E-state index < -0.39 is 0 Å². The molecule has 0 spiro atoms. The Kier molecular flexibility index (Phi) is 4.30. The maximum absolute atomic E-state index is 3.61. The normalized spacial score (nSPS) is 27.7. The number of hydrogen-bond donors (Lipinski definition) is 1. The summed E-state index contributed by atoms with van der Waals surface area (Å²) in [5, 5.41) is 3.61. The number of nitrogens with one attached hydrogen (secondary N) is 1. The summed E-state index contributed by atoms with van der Waals surface area (Å²) in [7, 11) is 0. The van der Waals surface area contributed by atoms with Gasteiger partial charge in [-0.2, -0.15) is 0 Å². The largest absolute Gasteiger partial charge is 0.309 e. The zero-order chi connectivity index (χ0) is 14.1. The monoisotopic (exact) mass is 305 g/mol. The van der Waals surface area contributed by atoms with Gasteiger partial charge in [-0.3, -0.25) is 9.80 Å². The fraction of sp³-hybridized carbons (Fsp3) is 0.765. The Morgan fingerprint density at radius 3 is 2.67 bits per heavy atom. The minimum atomic E-state index is 0.815. The van der Waals surface area contributed by atoms with E-state index in [0.29, 0.717) is 0 Å². The lowest BCUT2D eigenvalue weighted by Crippen LogP contribution is -2.35. The van der Waals surface area contributed by atoms with E-state index in [0.717, 1.165) is 18.6 Å². The fourth-order valence-electron chi connectivity index (χ4n) is 3.72. The molecule has 3 heterocycles. The van der Waals surface area contributed by atoms with Crippen molar-refractivity contribution < 1.29 is 0 Å². The summed E-state index contributed by atoms with van der Waals surface area (Å²) in [5.74, 6) is 0. The molecule has 1 aromatic rings. The van der Waals surface area contributed by atoms with Crippen LogP contribution in [0.25, 0.3) is 0 Å². The van der Waals surface area contributed by atoms with Crippen molar-refractivity contribution in [3.63, 3.8) is 0 Å². The molecule has 1 unspecified atom stereocenters. The molecule has 4 rings (SSSR count). The highest BCUT2D eigenvalue weighted by Crippen LogP contribution is 2.25. The van der Waals surface area contributed by atoms with Gasteiger partial charge in [0.2, 0.25) is 0 Å². The Morgan fingerprint density at radius 1 is 1.05 bits per heavy atom. The van der Waals surface area contributed by atoms with Gasteiger partial charge in [-0.1, -0.05) is 0 Å². The summed E-state index contributed by atoms with van der Waals surface area (Å²) >= 11 is 2.01. The SMILES string of the molecule is c1cc(CN2CCC(N3CCCC3)C2)sc1CNC1CC1. The third-order valence-electron chi connectivity index (χ3n) is 5.14. The Labute approximate surface area is 132 Å². The van der Waals surface area contributed by atoms with Crippen LogP contribution in [0, 0.1) is 0 Å². The third kappa shape index (κ3) is 3.67. The molecule has 21 heavy (non-hydrogen) atoms. The van der Waals surface area contributed by atoms with Gasteiger partial charge in [0.25, 0.3) is 0 Å². The summed E-state index contributed by atoms with van der Waals surface area (Å²) in [6.07, 6.45) is 6.97. The van der Waals surface area contributed by atoms with Gasteiger partial charge < -0.3 is 5.32 Å². The van der Waals surface area contributed by atoms with E-state index in [1.165, 1.54) is 69.7 Å². The van der Waals surface area contributed by atoms with Crippen LogP contribution in [0.1, 0.15) is 41.9 Å². The van der Waals surface area contributed by atoms with Crippen LogP contribution in [0.3, 0.4) is 0 Å². The van der Waals surface area contributed by atoms with Gasteiger partial charge in [-0.25, -0.2) is 0 Å². The fourth-order valence-corrected chi connectivity index (χ4v) is 4.73. The van der Waals surface area contributed by atoms with E-state index in [9.17, 15) is 0 Å². The van der Waals surface area contributed by atoms with Crippen molar-refractivity contribution in [1.82, 2.24) is 15.1 Å². The third-order valence-corrected chi connectivity index (χ3v) is 6.21. The molecule has 4 heteroatoms. The Balaban J connectivity index is 1.25. The summed E-state index contributed by atoms with van der Waals surface area (Å²) in [4.78, 5) is 8.43. The lowest BCUT2D eigenvalue weighted by Gasteiger charge is -2.23. The standard InChI is InChI=1S/C17H27N3S/c1-2-9-20(8-1)15-7-10-19(12-15)13-17-6-5-16(21-17)11-18-14-3-4-14/h5-6,14-15,18H,1-4,7-13H2. The van der Waals surface area contributed by atoms with Crippen LogP contribution in [0.2, 0.25) is 0 Å². The van der Waals surface area contributed by atoms with Gasteiger partial charge >= 0.3 is 0 Å². The van der Waals surface area contributed by atoms with E-state index in [-0.39, 0.29) is 0 Å². The number of nitrogens with zero attached hydrogens (tertiary/aromatic N) is 2. The zero-order valence-corrected chi connectivity index (χ0v) is 13.7. The molecule has 116 valence electrons. The number of thiophene rings is 1. The van der Waals surface area contributed by atoms with Gasteiger partial charge in [-0.15, -0.1) is 11.3 Å². The molecule has 3 nitrogen and oxygen atoms in total. The smallest absolute Gasteiger partial charge is 0.0328 e. The second kappa shape index (κ2) is 6.37. The molecule has 1 N–H and O–H groups in total. The zero-order valence-electron chi connectivity index (χ0n) is 12.9. The van der Waals surface area contributed by atoms with E-state index in [1.54, 1.807) is 4.88 Å². The quantitative estimate of drug-likeness (QED) is 0.872. The second-order valence-corrected chi connectivity index (χ2v) is 8.20. The summed E-state index contributed by atoms with van der Waals surface area (Å²) in [6.45, 7) is 7.50. The molecule has 1 aromatic heterocycles. The highest BCUT2D eigenvalue weighted by Gasteiger charge is 2.29. The molecule has 0 aromatic carbocycles. The average Bonchev–Trinajstić information content (AvgIpc) is 2.93. The molecule has 2 saturated heterocycles.